The summed E-state index contributed by atoms with van der Waals surface area (Å²) in [5, 5.41) is 21.5. The smallest absolute Gasteiger partial charge is 0.164 e. The SMILES string of the molecule is Cc1cc(-c2ccc(CCc3c(C)cccc3F)cc2)n(C)n1.Cc1cc(-c2ccc(CCc3c(F)ccc(F)c3F)cc2)n(C)n1.Cc1cc(-c2ccc(CCc3c(F)ccc(F)c3F)cc2F)n(C)n1.Cc1cc(-c2ccc(CCc3ccccc3C)cc2F)n(C)n1.Cc1cc(F)c(CCc2ccc(-c3cc(C)nn3C)cc2)c(F)c1. The van der Waals surface area contributed by atoms with Crippen LogP contribution in [0.25, 0.3) is 56.3 Å². The van der Waals surface area contributed by atoms with Crippen LogP contribution in [0.15, 0.2) is 218 Å². The van der Waals surface area contributed by atoms with Crippen molar-refractivity contribution >= 4 is 0 Å². The van der Waals surface area contributed by atoms with Gasteiger partial charge in [0.15, 0.2) is 23.3 Å². The molecule has 10 nitrogen and oxygen atoms in total. The fourth-order valence-electron chi connectivity index (χ4n) is 14.5. The molecule has 10 aromatic carbocycles. The van der Waals surface area contributed by atoms with Gasteiger partial charge in [-0.2, -0.15) is 25.5 Å². The largest absolute Gasteiger partial charge is 0.268 e. The zero-order chi connectivity index (χ0) is 85.5. The van der Waals surface area contributed by atoms with Crippen LogP contribution in [0.3, 0.4) is 0 Å². The van der Waals surface area contributed by atoms with Gasteiger partial charge in [0.2, 0.25) is 0 Å². The molecular formula is C98H95F11N10. The van der Waals surface area contributed by atoms with Crippen LogP contribution in [-0.2, 0) is 99.4 Å². The first-order chi connectivity index (χ1) is 56.8. The summed E-state index contributed by atoms with van der Waals surface area (Å²) >= 11 is 0. The summed E-state index contributed by atoms with van der Waals surface area (Å²) in [6, 6.07) is 63.9. The minimum atomic E-state index is -1.19. The van der Waals surface area contributed by atoms with Crippen molar-refractivity contribution in [3.8, 4) is 56.3 Å². The summed E-state index contributed by atoms with van der Waals surface area (Å²) in [5.41, 5.74) is 22.9. The van der Waals surface area contributed by atoms with Crippen molar-refractivity contribution in [2.24, 2.45) is 35.2 Å². The molecule has 0 saturated carbocycles. The Morgan fingerprint density at radius 2 is 0.529 bits per heavy atom. The van der Waals surface area contributed by atoms with E-state index in [0.717, 1.165) is 146 Å². The molecule has 0 aliphatic carbocycles. The Balaban J connectivity index is 0.000000146. The lowest BCUT2D eigenvalue weighted by atomic mass is 9.99. The Morgan fingerprint density at radius 1 is 0.227 bits per heavy atom. The van der Waals surface area contributed by atoms with Crippen LogP contribution >= 0.6 is 0 Å². The van der Waals surface area contributed by atoms with Crippen molar-refractivity contribution in [3.63, 3.8) is 0 Å². The highest BCUT2D eigenvalue weighted by atomic mass is 19.2. The predicted molar refractivity (Wildman–Crippen MR) is 450 cm³/mol. The van der Waals surface area contributed by atoms with Crippen LogP contribution in [0.4, 0.5) is 48.3 Å². The standard InChI is InChI=1S/C20H20F2N2.2C20H21FN2.C19H16F4N2.C19H17F3N2/c1-13-10-18(21)17(19(22)11-13)9-6-15-4-7-16(8-5-15)20-12-14(2)23-24(20)3;1-14-5-4-6-19(21)18(14)12-9-16-7-10-17(11-8-16)20-13-15(2)22-23(20)3;1-14-6-4-5-7-17(14)10-8-16-9-11-18(19(21)13-16)20-12-15(2)22-23(20)3;1-11-9-18(25(2)24-11)13-5-3-12(10-17(13)22)4-6-14-15(20)7-8-16(21)19(14)23;1-12-11-18(24(2)23-12)14-6-3-13(4-7-14)5-8-15-16(20)9-10-17(21)19(15)22/h4-5,7-8,10-12H,6,9H2,1-3H3;4-8,10-11,13H,9,12H2,1-3H3;4-7,9,11-13H,8,10H2,1-3H3;3,5,7-10H,4,6H2,1-2H3;3-4,6-7,9-11H,5,8H2,1-2H3. The molecule has 5 heterocycles. The van der Waals surface area contributed by atoms with Crippen molar-refractivity contribution in [1.29, 1.82) is 0 Å². The summed E-state index contributed by atoms with van der Waals surface area (Å²) in [6.45, 7) is 15.4. The van der Waals surface area contributed by atoms with Gasteiger partial charge in [0.05, 0.1) is 56.9 Å². The van der Waals surface area contributed by atoms with Gasteiger partial charge >= 0.3 is 0 Å². The summed E-state index contributed by atoms with van der Waals surface area (Å²) in [6.07, 6.45) is 4.96. The molecule has 0 aliphatic heterocycles. The maximum absolute atomic E-state index is 14.5. The van der Waals surface area contributed by atoms with E-state index in [-0.39, 0.29) is 47.6 Å². The maximum Gasteiger partial charge on any atom is 0.164 e. The fraction of sp³-hybridized carbons (Fsp3) is 0.235. The molecule has 0 radical (unpaired) electrons. The van der Waals surface area contributed by atoms with Crippen molar-refractivity contribution in [3.05, 3.63) is 383 Å². The van der Waals surface area contributed by atoms with Gasteiger partial charge in [-0.15, -0.1) is 0 Å². The van der Waals surface area contributed by atoms with Crippen LogP contribution < -0.4 is 0 Å². The molecule has 5 aromatic heterocycles. The third kappa shape index (κ3) is 22.6. The van der Waals surface area contributed by atoms with Crippen LogP contribution in [0.5, 0.6) is 0 Å². The second-order valence-electron chi connectivity index (χ2n) is 30.0. The number of hydrogen-bond donors (Lipinski definition) is 0. The van der Waals surface area contributed by atoms with E-state index >= 15 is 0 Å². The number of halogens is 11. The second-order valence-corrected chi connectivity index (χ2v) is 30.0. The minimum absolute atomic E-state index is 0.0565. The average molecular weight is 1620 g/mol. The molecule has 0 aliphatic rings. The molecule has 0 fully saturated rings. The predicted octanol–water partition coefficient (Wildman–Crippen LogP) is 23.4. The number of hydrogen-bond acceptors (Lipinski definition) is 5. The molecule has 0 atom stereocenters. The summed E-state index contributed by atoms with van der Waals surface area (Å²) in [5.74, 6) is -7.58. The number of aromatic nitrogens is 10. The van der Waals surface area contributed by atoms with Gasteiger partial charge in [-0.05, 0) is 289 Å². The van der Waals surface area contributed by atoms with Gasteiger partial charge in [-0.25, -0.2) is 48.3 Å². The highest BCUT2D eigenvalue weighted by Gasteiger charge is 2.20. The number of nitrogens with zero attached hydrogens (tertiary/aromatic N) is 10. The summed E-state index contributed by atoms with van der Waals surface area (Å²) in [7, 11) is 9.32. The van der Waals surface area contributed by atoms with E-state index < -0.39 is 52.4 Å². The lowest BCUT2D eigenvalue weighted by molar-refractivity contribution is 0.479. The lowest BCUT2D eigenvalue weighted by Crippen LogP contribution is -2.02. The fourth-order valence-corrected chi connectivity index (χ4v) is 14.5. The summed E-state index contributed by atoms with van der Waals surface area (Å²) < 4.78 is 161. The molecule has 21 heteroatoms. The van der Waals surface area contributed by atoms with Crippen molar-refractivity contribution in [2.45, 2.75) is 120 Å². The Bertz CT molecular complexity index is 5970. The molecule has 0 spiro atoms. The Labute approximate surface area is 688 Å². The van der Waals surface area contributed by atoms with E-state index in [1.165, 1.54) is 41.0 Å². The number of aryl methyl sites for hydroxylation is 19. The first-order valence-corrected chi connectivity index (χ1v) is 39.2. The van der Waals surface area contributed by atoms with Crippen molar-refractivity contribution in [1.82, 2.24) is 48.9 Å². The Morgan fingerprint density at radius 3 is 0.874 bits per heavy atom. The Kier molecular flexibility index (Phi) is 29.1. The molecule has 0 amide bonds. The highest BCUT2D eigenvalue weighted by molar-refractivity contribution is 5.65. The molecule has 0 saturated heterocycles. The van der Waals surface area contributed by atoms with Crippen LogP contribution in [0, 0.1) is 119 Å². The first-order valence-electron chi connectivity index (χ1n) is 39.2. The van der Waals surface area contributed by atoms with E-state index in [0.29, 0.717) is 47.2 Å². The monoisotopic (exact) mass is 1620 g/mol. The molecule has 119 heavy (non-hydrogen) atoms. The van der Waals surface area contributed by atoms with Crippen LogP contribution in [0.1, 0.15) is 101 Å². The van der Waals surface area contributed by atoms with Gasteiger partial charge in [0, 0.05) is 63.1 Å². The third-order valence-corrected chi connectivity index (χ3v) is 20.9. The zero-order valence-corrected chi connectivity index (χ0v) is 69.0. The molecular weight excluding hydrogens is 1530 g/mol. The van der Waals surface area contributed by atoms with Gasteiger partial charge < -0.3 is 0 Å². The average Bonchev–Trinajstić information content (AvgIpc) is 1.77. The first kappa shape index (κ1) is 87.3. The lowest BCUT2D eigenvalue weighted by Gasteiger charge is -2.08. The van der Waals surface area contributed by atoms with Crippen molar-refractivity contribution < 1.29 is 48.3 Å². The zero-order valence-electron chi connectivity index (χ0n) is 69.0. The molecule has 0 bridgehead atoms. The molecule has 15 rings (SSSR count). The van der Waals surface area contributed by atoms with Gasteiger partial charge in [0.25, 0.3) is 0 Å². The maximum atomic E-state index is 14.5. The second kappa shape index (κ2) is 39.6. The van der Waals surface area contributed by atoms with Gasteiger partial charge in [0.1, 0.15) is 40.7 Å². The Hall–Kier alpha value is -12.5. The van der Waals surface area contributed by atoms with Crippen molar-refractivity contribution in [2.75, 3.05) is 0 Å². The normalized spacial score (nSPS) is 11.0. The summed E-state index contributed by atoms with van der Waals surface area (Å²) in [4.78, 5) is 0. The quantitative estimate of drug-likeness (QED) is 0.0560. The van der Waals surface area contributed by atoms with E-state index in [9.17, 15) is 48.3 Å². The van der Waals surface area contributed by atoms with Crippen LogP contribution in [0.2, 0.25) is 0 Å². The van der Waals surface area contributed by atoms with E-state index in [1.807, 2.05) is 175 Å². The number of rotatable bonds is 20. The van der Waals surface area contributed by atoms with E-state index in [1.54, 1.807) is 53.7 Å². The van der Waals surface area contributed by atoms with E-state index in [4.69, 9.17) is 0 Å². The third-order valence-electron chi connectivity index (χ3n) is 20.9. The molecule has 614 valence electrons. The van der Waals surface area contributed by atoms with Crippen LogP contribution in [-0.4, -0.2) is 48.9 Å². The molecule has 15 aromatic rings. The number of benzene rings is 10. The topological polar surface area (TPSA) is 89.1 Å². The van der Waals surface area contributed by atoms with Gasteiger partial charge in [-0.3, -0.25) is 23.4 Å². The molecule has 0 N–H and O–H groups in total. The highest BCUT2D eigenvalue weighted by Crippen LogP contribution is 2.31. The molecule has 0 unspecified atom stereocenters. The minimum Gasteiger partial charge on any atom is -0.268 e. The van der Waals surface area contributed by atoms with Gasteiger partial charge in [-0.1, -0.05) is 121 Å². The van der Waals surface area contributed by atoms with E-state index in [2.05, 4.69) is 80.9 Å².